The Morgan fingerprint density at radius 3 is 2.50 bits per heavy atom. The molecule has 0 unspecified atom stereocenters. The molecule has 0 aliphatic rings. The second-order valence-electron chi connectivity index (χ2n) is 3.72. The summed E-state index contributed by atoms with van der Waals surface area (Å²) in [6.07, 6.45) is 1.18. The molecule has 1 aromatic rings. The van der Waals surface area contributed by atoms with E-state index in [-0.39, 0.29) is 12.4 Å². The van der Waals surface area contributed by atoms with E-state index in [0.29, 0.717) is 16.8 Å². The number of alkyl halides is 1. The van der Waals surface area contributed by atoms with Gasteiger partial charge in [0.25, 0.3) is 0 Å². The van der Waals surface area contributed by atoms with Crippen LogP contribution in [0.25, 0.3) is 0 Å². The molecule has 4 nitrogen and oxygen atoms in total. The van der Waals surface area contributed by atoms with Gasteiger partial charge in [0.1, 0.15) is 6.61 Å². The van der Waals surface area contributed by atoms with Gasteiger partial charge in [0.2, 0.25) is 0 Å². The summed E-state index contributed by atoms with van der Waals surface area (Å²) in [6.45, 7) is 0.0987. The van der Waals surface area contributed by atoms with Crippen molar-refractivity contribution >= 4 is 41.7 Å². The van der Waals surface area contributed by atoms with Crippen molar-refractivity contribution < 1.29 is 17.9 Å². The van der Waals surface area contributed by atoms with Crippen molar-refractivity contribution in [2.24, 2.45) is 0 Å². The molecule has 0 saturated heterocycles. The van der Waals surface area contributed by atoms with Gasteiger partial charge in [0.05, 0.1) is 17.3 Å². The summed E-state index contributed by atoms with van der Waals surface area (Å²) in [5.74, 6) is 1.07. The molecular formula is C11H14Br2O4S. The monoisotopic (exact) mass is 400 g/mol. The summed E-state index contributed by atoms with van der Waals surface area (Å²) in [5.41, 5.74) is 1.04. The molecule has 0 fully saturated rings. The van der Waals surface area contributed by atoms with E-state index < -0.39 is 9.84 Å². The summed E-state index contributed by atoms with van der Waals surface area (Å²) in [5, 5.41) is 0.700. The van der Waals surface area contributed by atoms with Crippen LogP contribution in [-0.4, -0.2) is 34.1 Å². The van der Waals surface area contributed by atoms with Crippen LogP contribution in [0.4, 0.5) is 0 Å². The Labute approximate surface area is 124 Å². The highest BCUT2D eigenvalue weighted by Gasteiger charge is 2.12. The van der Waals surface area contributed by atoms with Crippen LogP contribution in [0, 0.1) is 0 Å². The van der Waals surface area contributed by atoms with Crippen molar-refractivity contribution in [3.05, 3.63) is 22.2 Å². The van der Waals surface area contributed by atoms with E-state index >= 15 is 0 Å². The first-order valence-electron chi connectivity index (χ1n) is 5.10. The fraction of sp³-hybridized carbons (Fsp3) is 0.455. The van der Waals surface area contributed by atoms with Gasteiger partial charge in [-0.1, -0.05) is 15.9 Å². The van der Waals surface area contributed by atoms with Crippen LogP contribution in [0.15, 0.2) is 16.6 Å². The molecule has 0 saturated carbocycles. The van der Waals surface area contributed by atoms with E-state index in [1.54, 1.807) is 7.11 Å². The number of hydrogen-bond acceptors (Lipinski definition) is 4. The van der Waals surface area contributed by atoms with Crippen molar-refractivity contribution in [1.82, 2.24) is 0 Å². The minimum absolute atomic E-state index is 0.0250. The normalized spacial score (nSPS) is 11.3. The quantitative estimate of drug-likeness (QED) is 0.687. The van der Waals surface area contributed by atoms with Gasteiger partial charge in [-0.3, -0.25) is 0 Å². The second-order valence-corrected chi connectivity index (χ2v) is 7.40. The molecule has 0 spiro atoms. The standard InChI is InChI=1S/C11H14Br2O4S/c1-16-10-6-8(7-12)5-9(13)11(10)17-3-4-18(2,14)15/h5-6H,3-4,7H2,1-2H3. The number of hydrogen-bond donors (Lipinski definition) is 0. The molecule has 0 aromatic heterocycles. The Hall–Kier alpha value is -0.270. The molecule has 1 aromatic carbocycles. The first-order valence-corrected chi connectivity index (χ1v) is 9.07. The molecule has 0 heterocycles. The summed E-state index contributed by atoms with van der Waals surface area (Å²) in [4.78, 5) is 0. The molecule has 0 aliphatic carbocycles. The van der Waals surface area contributed by atoms with Gasteiger partial charge in [-0.2, -0.15) is 0 Å². The zero-order valence-corrected chi connectivity index (χ0v) is 14.1. The molecular weight excluding hydrogens is 388 g/mol. The second kappa shape index (κ2) is 6.77. The van der Waals surface area contributed by atoms with E-state index in [9.17, 15) is 8.42 Å². The summed E-state index contributed by atoms with van der Waals surface area (Å²) in [7, 11) is -1.48. The minimum Gasteiger partial charge on any atom is -0.493 e. The number of benzene rings is 1. The van der Waals surface area contributed by atoms with E-state index in [2.05, 4.69) is 31.9 Å². The number of rotatable bonds is 6. The number of methoxy groups -OCH3 is 1. The summed E-state index contributed by atoms with van der Waals surface area (Å²) < 4.78 is 33.5. The summed E-state index contributed by atoms with van der Waals surface area (Å²) >= 11 is 6.75. The molecule has 0 aliphatic heterocycles. The molecule has 0 radical (unpaired) electrons. The Bertz CT molecular complexity index is 514. The molecule has 102 valence electrons. The van der Waals surface area contributed by atoms with Gasteiger partial charge in [0, 0.05) is 11.6 Å². The molecule has 0 amide bonds. The van der Waals surface area contributed by atoms with E-state index in [4.69, 9.17) is 9.47 Å². The third-order valence-electron chi connectivity index (χ3n) is 2.14. The van der Waals surface area contributed by atoms with Gasteiger partial charge < -0.3 is 9.47 Å². The van der Waals surface area contributed by atoms with E-state index in [1.807, 2.05) is 12.1 Å². The van der Waals surface area contributed by atoms with Crippen LogP contribution in [0.2, 0.25) is 0 Å². The highest BCUT2D eigenvalue weighted by atomic mass is 79.9. The largest absolute Gasteiger partial charge is 0.493 e. The van der Waals surface area contributed by atoms with Crippen LogP contribution >= 0.6 is 31.9 Å². The lowest BCUT2D eigenvalue weighted by Crippen LogP contribution is -2.12. The lowest BCUT2D eigenvalue weighted by Gasteiger charge is -2.13. The van der Waals surface area contributed by atoms with Crippen molar-refractivity contribution in [3.63, 3.8) is 0 Å². The maximum absolute atomic E-state index is 11.0. The number of halogens is 2. The Morgan fingerprint density at radius 1 is 1.33 bits per heavy atom. The summed E-state index contributed by atoms with van der Waals surface area (Å²) in [6, 6.07) is 3.74. The predicted molar refractivity (Wildman–Crippen MR) is 78.5 cm³/mol. The third-order valence-corrected chi connectivity index (χ3v) is 4.29. The number of ether oxygens (including phenoxy) is 2. The first-order chi connectivity index (χ1) is 8.37. The van der Waals surface area contributed by atoms with Crippen molar-refractivity contribution in [3.8, 4) is 11.5 Å². The zero-order chi connectivity index (χ0) is 13.8. The average Bonchev–Trinajstić information content (AvgIpc) is 2.29. The maximum atomic E-state index is 11.0. The Kier molecular flexibility index (Phi) is 5.94. The SMILES string of the molecule is COc1cc(CBr)cc(Br)c1OCCS(C)(=O)=O. The van der Waals surface area contributed by atoms with Crippen LogP contribution in [0.1, 0.15) is 5.56 Å². The van der Waals surface area contributed by atoms with Crippen molar-refractivity contribution in [2.75, 3.05) is 25.7 Å². The topological polar surface area (TPSA) is 52.6 Å². The molecule has 0 N–H and O–H groups in total. The predicted octanol–water partition coefficient (Wildman–Crippen LogP) is 2.78. The van der Waals surface area contributed by atoms with Crippen LogP contribution in [0.5, 0.6) is 11.5 Å². The molecule has 7 heteroatoms. The van der Waals surface area contributed by atoms with Gasteiger partial charge in [-0.05, 0) is 33.6 Å². The van der Waals surface area contributed by atoms with Crippen molar-refractivity contribution in [1.29, 1.82) is 0 Å². The fourth-order valence-electron chi connectivity index (χ4n) is 1.29. The first kappa shape index (κ1) is 15.8. The third kappa shape index (κ3) is 4.78. The maximum Gasteiger partial charge on any atom is 0.175 e. The molecule has 0 atom stereocenters. The van der Waals surface area contributed by atoms with Crippen LogP contribution in [0.3, 0.4) is 0 Å². The van der Waals surface area contributed by atoms with Gasteiger partial charge in [-0.25, -0.2) is 8.42 Å². The lowest BCUT2D eigenvalue weighted by molar-refractivity contribution is 0.309. The lowest BCUT2D eigenvalue weighted by atomic mass is 10.2. The van der Waals surface area contributed by atoms with Crippen molar-refractivity contribution in [2.45, 2.75) is 5.33 Å². The Balaban J connectivity index is 2.87. The zero-order valence-electron chi connectivity index (χ0n) is 10.1. The smallest absolute Gasteiger partial charge is 0.175 e. The Morgan fingerprint density at radius 2 is 2.00 bits per heavy atom. The number of sulfone groups is 1. The van der Waals surface area contributed by atoms with Gasteiger partial charge in [-0.15, -0.1) is 0 Å². The van der Waals surface area contributed by atoms with Crippen LogP contribution < -0.4 is 9.47 Å². The average molecular weight is 402 g/mol. The van der Waals surface area contributed by atoms with Crippen LogP contribution in [-0.2, 0) is 15.2 Å². The molecule has 1 rings (SSSR count). The molecule has 18 heavy (non-hydrogen) atoms. The van der Waals surface area contributed by atoms with Gasteiger partial charge >= 0.3 is 0 Å². The minimum atomic E-state index is -3.03. The van der Waals surface area contributed by atoms with E-state index in [0.717, 1.165) is 10.0 Å². The highest BCUT2D eigenvalue weighted by Crippen LogP contribution is 2.37. The molecule has 0 bridgehead atoms. The van der Waals surface area contributed by atoms with Gasteiger partial charge in [0.15, 0.2) is 21.3 Å². The highest BCUT2D eigenvalue weighted by molar-refractivity contribution is 9.10. The fourth-order valence-corrected chi connectivity index (χ4v) is 2.60. The van der Waals surface area contributed by atoms with E-state index in [1.165, 1.54) is 6.26 Å².